The Morgan fingerprint density at radius 2 is 2.31 bits per heavy atom. The van der Waals surface area contributed by atoms with Crippen LogP contribution in [0.25, 0.3) is 0 Å². The molecular weight excluding hydrogens is 212 g/mol. The van der Waals surface area contributed by atoms with Gasteiger partial charge in [-0.25, -0.2) is 4.68 Å². The number of aromatic nitrogens is 2. The van der Waals surface area contributed by atoms with Crippen LogP contribution in [0.2, 0.25) is 0 Å². The summed E-state index contributed by atoms with van der Waals surface area (Å²) in [4.78, 5) is 10.5. The third kappa shape index (κ3) is 2.48. The number of rotatable bonds is 6. The lowest BCUT2D eigenvalue weighted by Crippen LogP contribution is -2.10. The summed E-state index contributed by atoms with van der Waals surface area (Å²) in [5.41, 5.74) is 0.494. The molecule has 1 aromatic rings. The molecule has 7 nitrogen and oxygen atoms in total. The van der Waals surface area contributed by atoms with Gasteiger partial charge in [-0.05, 0) is 6.42 Å². The van der Waals surface area contributed by atoms with Gasteiger partial charge in [0.25, 0.3) is 0 Å². The number of nitro groups is 1. The highest BCUT2D eigenvalue weighted by Crippen LogP contribution is 2.28. The lowest BCUT2D eigenvalue weighted by molar-refractivity contribution is -0.384. The Labute approximate surface area is 93.2 Å². The first-order valence-electron chi connectivity index (χ1n) is 5.16. The van der Waals surface area contributed by atoms with Crippen molar-refractivity contribution in [2.75, 3.05) is 18.5 Å². The van der Waals surface area contributed by atoms with E-state index in [-0.39, 0.29) is 18.8 Å². The number of hydrogen-bond acceptors (Lipinski definition) is 5. The van der Waals surface area contributed by atoms with Crippen LogP contribution >= 0.6 is 0 Å². The van der Waals surface area contributed by atoms with Gasteiger partial charge >= 0.3 is 5.69 Å². The van der Waals surface area contributed by atoms with Gasteiger partial charge in [0.1, 0.15) is 5.69 Å². The molecule has 0 aliphatic rings. The predicted octanol–water partition coefficient (Wildman–Crippen LogP) is 0.685. The largest absolute Gasteiger partial charge is 0.395 e. The maximum atomic E-state index is 10.9. The van der Waals surface area contributed by atoms with Gasteiger partial charge in [-0.15, -0.1) is 0 Å². The standard InChI is InChI=1S/C9H16N4O3/c1-3-4-7-8(13(15)16)9(10-5-6-14)12(2)11-7/h10,14H,3-6H2,1-2H3. The summed E-state index contributed by atoms with van der Waals surface area (Å²) < 4.78 is 1.44. The Balaban J connectivity index is 3.08. The van der Waals surface area contributed by atoms with E-state index < -0.39 is 4.92 Å². The highest BCUT2D eigenvalue weighted by molar-refractivity contribution is 5.59. The first kappa shape index (κ1) is 12.4. The summed E-state index contributed by atoms with van der Waals surface area (Å²) >= 11 is 0. The predicted molar refractivity (Wildman–Crippen MR) is 59.4 cm³/mol. The smallest absolute Gasteiger partial charge is 0.333 e. The Morgan fingerprint density at radius 3 is 2.81 bits per heavy atom. The minimum atomic E-state index is -0.433. The summed E-state index contributed by atoms with van der Waals surface area (Å²) in [6.07, 6.45) is 1.38. The molecule has 7 heteroatoms. The second-order valence-electron chi connectivity index (χ2n) is 3.43. The first-order valence-corrected chi connectivity index (χ1v) is 5.16. The number of nitrogens with one attached hydrogen (secondary N) is 1. The van der Waals surface area contributed by atoms with Gasteiger partial charge in [-0.1, -0.05) is 13.3 Å². The average molecular weight is 228 g/mol. The first-order chi connectivity index (χ1) is 7.61. The van der Waals surface area contributed by atoms with Gasteiger partial charge < -0.3 is 10.4 Å². The zero-order valence-electron chi connectivity index (χ0n) is 9.43. The van der Waals surface area contributed by atoms with E-state index >= 15 is 0 Å². The Bertz CT molecular complexity index is 375. The van der Waals surface area contributed by atoms with E-state index in [2.05, 4.69) is 10.4 Å². The van der Waals surface area contributed by atoms with Crippen LogP contribution in [-0.2, 0) is 13.5 Å². The van der Waals surface area contributed by atoms with E-state index in [4.69, 9.17) is 5.11 Å². The van der Waals surface area contributed by atoms with Crippen LogP contribution in [0.1, 0.15) is 19.0 Å². The van der Waals surface area contributed by atoms with Crippen molar-refractivity contribution in [2.24, 2.45) is 7.05 Å². The molecule has 0 amide bonds. The molecule has 0 unspecified atom stereocenters. The molecule has 1 rings (SSSR count). The van der Waals surface area contributed by atoms with E-state index in [1.54, 1.807) is 7.05 Å². The fourth-order valence-corrected chi connectivity index (χ4v) is 1.54. The molecule has 0 aromatic carbocycles. The van der Waals surface area contributed by atoms with E-state index in [0.29, 0.717) is 17.9 Å². The molecule has 0 atom stereocenters. The molecule has 0 fully saturated rings. The fraction of sp³-hybridized carbons (Fsp3) is 0.667. The molecule has 0 aliphatic heterocycles. The normalized spacial score (nSPS) is 10.4. The van der Waals surface area contributed by atoms with Crippen LogP contribution in [0, 0.1) is 10.1 Å². The molecular formula is C9H16N4O3. The molecule has 1 aromatic heterocycles. The average Bonchev–Trinajstić information content (AvgIpc) is 2.52. The second-order valence-corrected chi connectivity index (χ2v) is 3.43. The van der Waals surface area contributed by atoms with Crippen molar-refractivity contribution in [3.63, 3.8) is 0 Å². The maximum Gasteiger partial charge on any atom is 0.333 e. The fourth-order valence-electron chi connectivity index (χ4n) is 1.54. The topological polar surface area (TPSA) is 93.2 Å². The third-order valence-corrected chi connectivity index (χ3v) is 2.17. The van der Waals surface area contributed by atoms with E-state index in [9.17, 15) is 10.1 Å². The number of anilines is 1. The van der Waals surface area contributed by atoms with Crippen molar-refractivity contribution in [3.05, 3.63) is 15.8 Å². The van der Waals surface area contributed by atoms with Crippen molar-refractivity contribution >= 4 is 11.5 Å². The maximum absolute atomic E-state index is 10.9. The van der Waals surface area contributed by atoms with Crippen molar-refractivity contribution < 1.29 is 10.0 Å². The van der Waals surface area contributed by atoms with Crippen molar-refractivity contribution in [2.45, 2.75) is 19.8 Å². The highest BCUT2D eigenvalue weighted by Gasteiger charge is 2.25. The van der Waals surface area contributed by atoms with Crippen molar-refractivity contribution in [3.8, 4) is 0 Å². The van der Waals surface area contributed by atoms with Crippen LogP contribution < -0.4 is 5.32 Å². The van der Waals surface area contributed by atoms with E-state index in [1.807, 2.05) is 6.92 Å². The lowest BCUT2D eigenvalue weighted by Gasteiger charge is -2.02. The quantitative estimate of drug-likeness (QED) is 0.551. The van der Waals surface area contributed by atoms with Gasteiger partial charge in [-0.2, -0.15) is 5.10 Å². The Morgan fingerprint density at radius 1 is 1.62 bits per heavy atom. The molecule has 90 valence electrons. The molecule has 0 saturated heterocycles. The van der Waals surface area contributed by atoms with Gasteiger partial charge in [0.05, 0.1) is 11.5 Å². The number of aliphatic hydroxyl groups is 1. The molecule has 0 spiro atoms. The summed E-state index contributed by atoms with van der Waals surface area (Å²) in [7, 11) is 1.64. The Hall–Kier alpha value is -1.63. The SMILES string of the molecule is CCCc1nn(C)c(NCCO)c1[N+](=O)[O-]. The van der Waals surface area contributed by atoms with E-state index in [0.717, 1.165) is 6.42 Å². The molecule has 2 N–H and O–H groups in total. The minimum Gasteiger partial charge on any atom is -0.395 e. The van der Waals surface area contributed by atoms with Gasteiger partial charge in [0.15, 0.2) is 0 Å². The zero-order valence-corrected chi connectivity index (χ0v) is 9.43. The number of hydrogen-bond donors (Lipinski definition) is 2. The highest BCUT2D eigenvalue weighted by atomic mass is 16.6. The lowest BCUT2D eigenvalue weighted by atomic mass is 10.2. The molecule has 16 heavy (non-hydrogen) atoms. The van der Waals surface area contributed by atoms with Crippen LogP contribution in [-0.4, -0.2) is 33.0 Å². The van der Waals surface area contributed by atoms with Crippen molar-refractivity contribution in [1.29, 1.82) is 0 Å². The Kier molecular flexibility index (Phi) is 4.24. The monoisotopic (exact) mass is 228 g/mol. The number of aryl methyl sites for hydroxylation is 2. The minimum absolute atomic E-state index is 0.0119. The molecule has 0 aliphatic carbocycles. The summed E-state index contributed by atoms with van der Waals surface area (Å²) in [6.45, 7) is 2.14. The third-order valence-electron chi connectivity index (χ3n) is 2.17. The van der Waals surface area contributed by atoms with Gasteiger partial charge in [0, 0.05) is 13.6 Å². The van der Waals surface area contributed by atoms with Crippen LogP contribution in [0.3, 0.4) is 0 Å². The molecule has 0 saturated carbocycles. The summed E-state index contributed by atoms with van der Waals surface area (Å²) in [5.74, 6) is 0.350. The van der Waals surface area contributed by atoms with Gasteiger partial charge in [-0.3, -0.25) is 10.1 Å². The molecule has 0 radical (unpaired) electrons. The number of aliphatic hydroxyl groups excluding tert-OH is 1. The van der Waals surface area contributed by atoms with Crippen LogP contribution in [0.5, 0.6) is 0 Å². The summed E-state index contributed by atoms with van der Waals surface area (Å²) in [5, 5.41) is 26.5. The molecule has 0 bridgehead atoms. The van der Waals surface area contributed by atoms with E-state index in [1.165, 1.54) is 4.68 Å². The number of nitrogens with zero attached hydrogens (tertiary/aromatic N) is 3. The zero-order chi connectivity index (χ0) is 12.1. The van der Waals surface area contributed by atoms with Gasteiger partial charge in [0.2, 0.25) is 5.82 Å². The molecule has 1 heterocycles. The summed E-state index contributed by atoms with van der Waals surface area (Å²) in [6, 6.07) is 0. The van der Waals surface area contributed by atoms with Crippen molar-refractivity contribution in [1.82, 2.24) is 9.78 Å². The van der Waals surface area contributed by atoms with Crippen LogP contribution in [0.15, 0.2) is 0 Å². The van der Waals surface area contributed by atoms with Crippen LogP contribution in [0.4, 0.5) is 11.5 Å². The second kappa shape index (κ2) is 5.45.